The molecule has 0 spiro atoms. The quantitative estimate of drug-likeness (QED) is 0.406. The summed E-state index contributed by atoms with van der Waals surface area (Å²) in [6.07, 6.45) is 3.98. The summed E-state index contributed by atoms with van der Waals surface area (Å²) in [4.78, 5) is 36.9. The number of benzene rings is 1. The highest BCUT2D eigenvalue weighted by Crippen LogP contribution is 2.35. The lowest BCUT2D eigenvalue weighted by molar-refractivity contribution is -0.385. The molecule has 0 N–H and O–H groups in total. The molecule has 2 rings (SSSR count). The Balaban J connectivity index is 2.14. The van der Waals surface area contributed by atoms with Gasteiger partial charge in [-0.15, -0.1) is 0 Å². The number of nitrogens with zero attached hydrogens (tertiary/aromatic N) is 2. The second kappa shape index (κ2) is 9.75. The average Bonchev–Trinajstić information content (AvgIpc) is 2.95. The fourth-order valence-electron chi connectivity index (χ4n) is 2.91. The number of amides is 1. The molecule has 1 aromatic rings. The lowest BCUT2D eigenvalue weighted by atomic mass is 10.1. The normalized spacial score (nSPS) is 14.2. The highest BCUT2D eigenvalue weighted by molar-refractivity contribution is 5.96. The molecule has 0 radical (unpaired) electrons. The minimum Gasteiger partial charge on any atom is -0.493 e. The number of hydrogen-bond donors (Lipinski definition) is 0. The van der Waals surface area contributed by atoms with E-state index in [9.17, 15) is 19.7 Å². The zero-order valence-corrected chi connectivity index (χ0v) is 15.6. The van der Waals surface area contributed by atoms with Gasteiger partial charge in [0.2, 0.25) is 0 Å². The van der Waals surface area contributed by atoms with E-state index >= 15 is 0 Å². The number of ether oxygens (including phenoxy) is 3. The van der Waals surface area contributed by atoms with Gasteiger partial charge in [-0.1, -0.05) is 12.8 Å². The molecule has 27 heavy (non-hydrogen) atoms. The van der Waals surface area contributed by atoms with Crippen LogP contribution in [0.4, 0.5) is 5.69 Å². The molecular formula is C18H24N2O7. The van der Waals surface area contributed by atoms with Gasteiger partial charge in [0.1, 0.15) is 5.56 Å². The van der Waals surface area contributed by atoms with E-state index in [1.807, 2.05) is 0 Å². The Morgan fingerprint density at radius 2 is 1.81 bits per heavy atom. The molecule has 0 aromatic heterocycles. The van der Waals surface area contributed by atoms with Crippen LogP contribution in [0.25, 0.3) is 0 Å². The van der Waals surface area contributed by atoms with Gasteiger partial charge in [0, 0.05) is 19.2 Å². The van der Waals surface area contributed by atoms with Gasteiger partial charge < -0.3 is 19.1 Å². The first-order valence-electron chi connectivity index (χ1n) is 8.92. The van der Waals surface area contributed by atoms with E-state index in [2.05, 4.69) is 0 Å². The van der Waals surface area contributed by atoms with Crippen molar-refractivity contribution in [3.8, 4) is 11.5 Å². The van der Waals surface area contributed by atoms with Crippen molar-refractivity contribution in [2.45, 2.75) is 32.6 Å². The van der Waals surface area contributed by atoms with Crippen LogP contribution in [0, 0.1) is 10.1 Å². The summed E-state index contributed by atoms with van der Waals surface area (Å²) in [5, 5.41) is 11.3. The Bertz CT molecular complexity index is 697. The highest BCUT2D eigenvalue weighted by Gasteiger charge is 2.27. The Kier molecular flexibility index (Phi) is 7.39. The Labute approximate surface area is 157 Å². The SMILES string of the molecule is CCOc1cc([N+](=O)[O-])c(C(=O)OCC(=O)N2CCCCCC2)cc1OC. The monoisotopic (exact) mass is 380 g/mol. The van der Waals surface area contributed by atoms with Crippen molar-refractivity contribution in [2.24, 2.45) is 0 Å². The van der Waals surface area contributed by atoms with E-state index in [1.54, 1.807) is 11.8 Å². The Morgan fingerprint density at radius 3 is 2.37 bits per heavy atom. The third kappa shape index (κ3) is 5.32. The molecule has 0 aliphatic carbocycles. The zero-order chi connectivity index (χ0) is 19.8. The van der Waals surface area contributed by atoms with Gasteiger partial charge in [0.15, 0.2) is 18.1 Å². The van der Waals surface area contributed by atoms with E-state index < -0.39 is 23.2 Å². The highest BCUT2D eigenvalue weighted by atomic mass is 16.6. The van der Waals surface area contributed by atoms with Crippen LogP contribution in [0.3, 0.4) is 0 Å². The van der Waals surface area contributed by atoms with Crippen LogP contribution in [0.1, 0.15) is 43.0 Å². The summed E-state index contributed by atoms with van der Waals surface area (Å²) in [6.45, 7) is 2.82. The average molecular weight is 380 g/mol. The minimum absolute atomic E-state index is 0.156. The van der Waals surface area contributed by atoms with Crippen molar-refractivity contribution in [3.05, 3.63) is 27.8 Å². The minimum atomic E-state index is -0.953. The van der Waals surface area contributed by atoms with Crippen LogP contribution in [-0.2, 0) is 9.53 Å². The van der Waals surface area contributed by atoms with Gasteiger partial charge in [-0.2, -0.15) is 0 Å². The maximum absolute atomic E-state index is 12.4. The summed E-state index contributed by atoms with van der Waals surface area (Å²) in [7, 11) is 1.36. The van der Waals surface area contributed by atoms with E-state index in [-0.39, 0.29) is 29.6 Å². The largest absolute Gasteiger partial charge is 0.493 e. The van der Waals surface area contributed by atoms with Crippen molar-refractivity contribution in [1.29, 1.82) is 0 Å². The van der Waals surface area contributed by atoms with E-state index in [4.69, 9.17) is 14.2 Å². The Morgan fingerprint density at radius 1 is 1.15 bits per heavy atom. The summed E-state index contributed by atoms with van der Waals surface area (Å²) < 4.78 is 15.5. The zero-order valence-electron chi connectivity index (χ0n) is 15.6. The lowest BCUT2D eigenvalue weighted by Gasteiger charge is -2.20. The van der Waals surface area contributed by atoms with Gasteiger partial charge in [-0.05, 0) is 19.8 Å². The Hall–Kier alpha value is -2.84. The number of nitro groups is 1. The molecule has 9 nitrogen and oxygen atoms in total. The number of nitro benzene ring substituents is 1. The predicted octanol–water partition coefficient (Wildman–Crippen LogP) is 2.56. The fourth-order valence-corrected chi connectivity index (χ4v) is 2.91. The van der Waals surface area contributed by atoms with E-state index in [0.717, 1.165) is 31.7 Å². The van der Waals surface area contributed by atoms with Crippen LogP contribution in [-0.4, -0.2) is 55.1 Å². The van der Waals surface area contributed by atoms with Crippen LogP contribution < -0.4 is 9.47 Å². The number of esters is 1. The molecule has 1 aromatic carbocycles. The number of carbonyl (C=O) groups is 2. The maximum atomic E-state index is 12.4. The molecule has 0 saturated carbocycles. The van der Waals surface area contributed by atoms with Crippen LogP contribution in [0.2, 0.25) is 0 Å². The topological polar surface area (TPSA) is 108 Å². The predicted molar refractivity (Wildman–Crippen MR) is 96.1 cm³/mol. The van der Waals surface area contributed by atoms with Gasteiger partial charge in [-0.25, -0.2) is 4.79 Å². The third-order valence-electron chi connectivity index (χ3n) is 4.28. The summed E-state index contributed by atoms with van der Waals surface area (Å²) in [5.41, 5.74) is -0.754. The molecule has 9 heteroatoms. The number of methoxy groups -OCH3 is 1. The first-order chi connectivity index (χ1) is 13.0. The molecule has 1 aliphatic heterocycles. The molecule has 0 unspecified atom stereocenters. The number of rotatable bonds is 7. The molecular weight excluding hydrogens is 356 g/mol. The summed E-state index contributed by atoms with van der Waals surface area (Å²) in [6, 6.07) is 2.32. The smallest absolute Gasteiger partial charge is 0.345 e. The molecule has 0 bridgehead atoms. The van der Waals surface area contributed by atoms with Crippen molar-refractivity contribution >= 4 is 17.6 Å². The first kappa shape index (κ1) is 20.5. The molecule has 1 fully saturated rings. The number of carbonyl (C=O) groups excluding carboxylic acids is 2. The second-order valence-corrected chi connectivity index (χ2v) is 6.08. The van der Waals surface area contributed by atoms with Crippen LogP contribution in [0.5, 0.6) is 11.5 Å². The first-order valence-corrected chi connectivity index (χ1v) is 8.92. The van der Waals surface area contributed by atoms with Crippen molar-refractivity contribution in [3.63, 3.8) is 0 Å². The maximum Gasteiger partial charge on any atom is 0.345 e. The van der Waals surface area contributed by atoms with Crippen LogP contribution >= 0.6 is 0 Å². The molecule has 1 heterocycles. The van der Waals surface area contributed by atoms with Gasteiger partial charge in [-0.3, -0.25) is 14.9 Å². The number of likely N-dealkylation sites (tertiary alicyclic amines) is 1. The second-order valence-electron chi connectivity index (χ2n) is 6.08. The standard InChI is InChI=1S/C18H24N2O7/c1-3-26-16-11-14(20(23)24)13(10-15(16)25-2)18(22)27-12-17(21)19-8-6-4-5-7-9-19/h10-11H,3-9,12H2,1-2H3. The summed E-state index contributed by atoms with van der Waals surface area (Å²) in [5.74, 6) is -0.922. The van der Waals surface area contributed by atoms with E-state index in [1.165, 1.54) is 13.2 Å². The molecule has 1 aliphatic rings. The van der Waals surface area contributed by atoms with E-state index in [0.29, 0.717) is 13.1 Å². The molecule has 148 valence electrons. The third-order valence-corrected chi connectivity index (χ3v) is 4.28. The molecule has 1 saturated heterocycles. The fraction of sp³-hybridized carbons (Fsp3) is 0.556. The van der Waals surface area contributed by atoms with Gasteiger partial charge in [0.25, 0.3) is 11.6 Å². The number of hydrogen-bond acceptors (Lipinski definition) is 7. The van der Waals surface area contributed by atoms with Crippen molar-refractivity contribution < 1.29 is 28.7 Å². The van der Waals surface area contributed by atoms with Crippen LogP contribution in [0.15, 0.2) is 12.1 Å². The van der Waals surface area contributed by atoms with Gasteiger partial charge >= 0.3 is 5.97 Å². The van der Waals surface area contributed by atoms with Crippen molar-refractivity contribution in [1.82, 2.24) is 4.90 Å². The molecule has 0 atom stereocenters. The van der Waals surface area contributed by atoms with Gasteiger partial charge in [0.05, 0.1) is 24.7 Å². The lowest BCUT2D eigenvalue weighted by Crippen LogP contribution is -2.35. The summed E-state index contributed by atoms with van der Waals surface area (Å²) >= 11 is 0. The van der Waals surface area contributed by atoms with Crippen molar-refractivity contribution in [2.75, 3.05) is 33.4 Å². The molecule has 1 amide bonds.